The Morgan fingerprint density at radius 2 is 2.05 bits per heavy atom. The molecule has 0 bridgehead atoms. The lowest BCUT2D eigenvalue weighted by Crippen LogP contribution is -2.15. The molecule has 0 saturated carbocycles. The van der Waals surface area contributed by atoms with Crippen LogP contribution < -0.4 is 10.5 Å². The van der Waals surface area contributed by atoms with Crippen molar-refractivity contribution in [3.63, 3.8) is 0 Å². The molecular weight excluding hydrogens is 278 g/mol. The van der Waals surface area contributed by atoms with Crippen LogP contribution in [0.5, 0.6) is 0 Å². The van der Waals surface area contributed by atoms with E-state index in [-0.39, 0.29) is 10.8 Å². The number of nitrogens with zero attached hydrogens (tertiary/aromatic N) is 1. The first kappa shape index (κ1) is 14.2. The Hall–Kier alpha value is -2.25. The fourth-order valence-electron chi connectivity index (χ4n) is 1.64. The summed E-state index contributed by atoms with van der Waals surface area (Å²) in [6.45, 7) is 1.69. The van der Waals surface area contributed by atoms with Gasteiger partial charge in [0.2, 0.25) is 10.0 Å². The average Bonchev–Trinajstić information content (AvgIpc) is 2.41. The SMILES string of the molecule is Cc1cc(S(N)(=O)=O)ccc1NC(=O)c1cccnc1. The Labute approximate surface area is 116 Å². The summed E-state index contributed by atoms with van der Waals surface area (Å²) in [6, 6.07) is 7.56. The minimum absolute atomic E-state index is 0.00868. The molecule has 104 valence electrons. The Morgan fingerprint density at radius 3 is 2.60 bits per heavy atom. The van der Waals surface area contributed by atoms with E-state index < -0.39 is 10.0 Å². The standard InChI is InChI=1S/C13H13N3O3S/c1-9-7-11(20(14,18)19)4-5-12(9)16-13(17)10-3-2-6-15-8-10/h2-8H,1H3,(H,16,17)(H2,14,18,19). The molecule has 1 amide bonds. The van der Waals surface area contributed by atoms with Crippen molar-refractivity contribution in [1.82, 2.24) is 4.98 Å². The lowest BCUT2D eigenvalue weighted by molar-refractivity contribution is 0.102. The van der Waals surface area contributed by atoms with E-state index in [4.69, 9.17) is 5.14 Å². The first-order valence-corrected chi connectivity index (χ1v) is 7.27. The molecule has 0 fully saturated rings. The summed E-state index contributed by atoms with van der Waals surface area (Å²) in [6.07, 6.45) is 3.02. The van der Waals surface area contributed by atoms with Gasteiger partial charge >= 0.3 is 0 Å². The molecule has 0 atom stereocenters. The highest BCUT2D eigenvalue weighted by atomic mass is 32.2. The molecule has 0 aliphatic heterocycles. The molecule has 20 heavy (non-hydrogen) atoms. The molecule has 2 aromatic rings. The second-order valence-electron chi connectivity index (χ2n) is 4.22. The zero-order valence-corrected chi connectivity index (χ0v) is 11.5. The van der Waals surface area contributed by atoms with Gasteiger partial charge in [-0.05, 0) is 42.8 Å². The number of aromatic nitrogens is 1. The molecule has 1 aromatic carbocycles. The van der Waals surface area contributed by atoms with E-state index >= 15 is 0 Å². The van der Waals surface area contributed by atoms with Gasteiger partial charge in [0.05, 0.1) is 10.5 Å². The van der Waals surface area contributed by atoms with Crippen molar-refractivity contribution < 1.29 is 13.2 Å². The molecule has 1 aromatic heterocycles. The van der Waals surface area contributed by atoms with Crippen LogP contribution in [0.4, 0.5) is 5.69 Å². The van der Waals surface area contributed by atoms with Crippen molar-refractivity contribution in [3.8, 4) is 0 Å². The highest BCUT2D eigenvalue weighted by Gasteiger charge is 2.12. The third-order valence-corrected chi connectivity index (χ3v) is 3.61. The number of pyridine rings is 1. The minimum Gasteiger partial charge on any atom is -0.322 e. The number of carbonyl (C=O) groups is 1. The van der Waals surface area contributed by atoms with Crippen LogP contribution in [0.25, 0.3) is 0 Å². The normalized spacial score (nSPS) is 11.1. The maximum absolute atomic E-state index is 12.0. The molecule has 3 N–H and O–H groups in total. The van der Waals surface area contributed by atoms with E-state index in [0.29, 0.717) is 16.8 Å². The van der Waals surface area contributed by atoms with Crippen molar-refractivity contribution in [2.75, 3.05) is 5.32 Å². The summed E-state index contributed by atoms with van der Waals surface area (Å²) in [5.74, 6) is -0.315. The third-order valence-electron chi connectivity index (χ3n) is 2.70. The number of rotatable bonds is 3. The van der Waals surface area contributed by atoms with Gasteiger partial charge in [0.25, 0.3) is 5.91 Å². The molecular formula is C13H13N3O3S. The maximum atomic E-state index is 12.0. The Balaban J connectivity index is 2.25. The summed E-state index contributed by atoms with van der Waals surface area (Å²) < 4.78 is 22.4. The predicted octanol–water partition coefficient (Wildman–Crippen LogP) is 1.29. The largest absolute Gasteiger partial charge is 0.322 e. The van der Waals surface area contributed by atoms with E-state index in [1.165, 1.54) is 24.4 Å². The van der Waals surface area contributed by atoms with E-state index in [0.717, 1.165) is 0 Å². The second kappa shape index (κ2) is 5.40. The van der Waals surface area contributed by atoms with Crippen LogP contribution in [0, 0.1) is 6.92 Å². The number of sulfonamides is 1. The number of nitrogens with one attached hydrogen (secondary N) is 1. The monoisotopic (exact) mass is 291 g/mol. The Kier molecular flexibility index (Phi) is 3.82. The first-order valence-electron chi connectivity index (χ1n) is 5.73. The second-order valence-corrected chi connectivity index (χ2v) is 5.78. The number of primary sulfonamides is 1. The van der Waals surface area contributed by atoms with Gasteiger partial charge < -0.3 is 5.32 Å². The van der Waals surface area contributed by atoms with Crippen LogP contribution in [0.2, 0.25) is 0 Å². The maximum Gasteiger partial charge on any atom is 0.257 e. The van der Waals surface area contributed by atoms with Crippen LogP contribution in [0.1, 0.15) is 15.9 Å². The van der Waals surface area contributed by atoms with Crippen molar-refractivity contribution in [2.45, 2.75) is 11.8 Å². The Morgan fingerprint density at radius 1 is 1.30 bits per heavy atom. The number of aryl methyl sites for hydroxylation is 1. The van der Waals surface area contributed by atoms with Gasteiger partial charge in [-0.25, -0.2) is 13.6 Å². The van der Waals surface area contributed by atoms with Gasteiger partial charge in [-0.2, -0.15) is 0 Å². The zero-order valence-electron chi connectivity index (χ0n) is 10.7. The highest BCUT2D eigenvalue weighted by molar-refractivity contribution is 7.89. The number of anilines is 1. The lowest BCUT2D eigenvalue weighted by atomic mass is 10.2. The molecule has 6 nitrogen and oxygen atoms in total. The number of benzene rings is 1. The zero-order chi connectivity index (χ0) is 14.8. The molecule has 0 spiro atoms. The van der Waals surface area contributed by atoms with E-state index in [1.807, 2.05) is 0 Å². The quantitative estimate of drug-likeness (QED) is 0.889. The van der Waals surface area contributed by atoms with Crippen molar-refractivity contribution >= 4 is 21.6 Å². The molecule has 0 aliphatic carbocycles. The topological polar surface area (TPSA) is 102 Å². The molecule has 0 aliphatic rings. The van der Waals surface area contributed by atoms with Gasteiger partial charge in [0.1, 0.15) is 0 Å². The number of hydrogen-bond donors (Lipinski definition) is 2. The number of hydrogen-bond acceptors (Lipinski definition) is 4. The van der Waals surface area contributed by atoms with Gasteiger partial charge in [-0.3, -0.25) is 9.78 Å². The Bertz CT molecular complexity index is 743. The average molecular weight is 291 g/mol. The molecule has 0 radical (unpaired) electrons. The van der Waals surface area contributed by atoms with Gasteiger partial charge in [0, 0.05) is 18.1 Å². The fraction of sp³-hybridized carbons (Fsp3) is 0.0769. The van der Waals surface area contributed by atoms with Crippen LogP contribution >= 0.6 is 0 Å². The van der Waals surface area contributed by atoms with E-state index in [2.05, 4.69) is 10.3 Å². The van der Waals surface area contributed by atoms with Crippen LogP contribution in [-0.2, 0) is 10.0 Å². The molecule has 0 unspecified atom stereocenters. The molecule has 1 heterocycles. The molecule has 0 saturated heterocycles. The molecule has 2 rings (SSSR count). The van der Waals surface area contributed by atoms with Gasteiger partial charge in [0.15, 0.2) is 0 Å². The van der Waals surface area contributed by atoms with E-state index in [9.17, 15) is 13.2 Å². The van der Waals surface area contributed by atoms with Crippen LogP contribution in [0.3, 0.4) is 0 Å². The summed E-state index contributed by atoms with van der Waals surface area (Å²) in [7, 11) is -3.75. The van der Waals surface area contributed by atoms with Crippen LogP contribution in [0.15, 0.2) is 47.6 Å². The summed E-state index contributed by atoms with van der Waals surface area (Å²) in [5, 5.41) is 7.74. The van der Waals surface area contributed by atoms with Crippen molar-refractivity contribution in [2.24, 2.45) is 5.14 Å². The third kappa shape index (κ3) is 3.19. The number of nitrogens with two attached hydrogens (primary N) is 1. The first-order chi connectivity index (χ1) is 9.38. The van der Waals surface area contributed by atoms with Gasteiger partial charge in [-0.15, -0.1) is 0 Å². The van der Waals surface area contributed by atoms with Crippen molar-refractivity contribution in [3.05, 3.63) is 53.9 Å². The van der Waals surface area contributed by atoms with Gasteiger partial charge in [-0.1, -0.05) is 0 Å². The van der Waals surface area contributed by atoms with Crippen molar-refractivity contribution in [1.29, 1.82) is 0 Å². The predicted molar refractivity (Wildman–Crippen MR) is 74.7 cm³/mol. The highest BCUT2D eigenvalue weighted by Crippen LogP contribution is 2.19. The van der Waals surface area contributed by atoms with E-state index in [1.54, 1.807) is 25.3 Å². The summed E-state index contributed by atoms with van der Waals surface area (Å²) in [4.78, 5) is 15.8. The summed E-state index contributed by atoms with van der Waals surface area (Å²) in [5.41, 5.74) is 1.54. The minimum atomic E-state index is -3.75. The number of carbonyl (C=O) groups excluding carboxylic acids is 1. The number of amides is 1. The smallest absolute Gasteiger partial charge is 0.257 e. The summed E-state index contributed by atoms with van der Waals surface area (Å²) >= 11 is 0. The fourth-order valence-corrected chi connectivity index (χ4v) is 2.24. The lowest BCUT2D eigenvalue weighted by Gasteiger charge is -2.09. The molecule has 7 heteroatoms. The van der Waals surface area contributed by atoms with Crippen LogP contribution in [-0.4, -0.2) is 19.3 Å².